The number of carbonyl (C=O) groups excluding carboxylic acids is 1. The zero-order chi connectivity index (χ0) is 34.4. The Bertz CT molecular complexity index is 2330. The lowest BCUT2D eigenvalue weighted by molar-refractivity contribution is -0.369. The van der Waals surface area contributed by atoms with E-state index in [1.165, 1.54) is 7.11 Å². The van der Waals surface area contributed by atoms with Crippen LogP contribution < -0.4 is 18.9 Å². The van der Waals surface area contributed by atoms with E-state index in [4.69, 9.17) is 43.9 Å². The summed E-state index contributed by atoms with van der Waals surface area (Å²) in [6.45, 7) is 5.67. The van der Waals surface area contributed by atoms with Crippen LogP contribution in [0.4, 0.5) is 11.4 Å². The first-order valence-electron chi connectivity index (χ1n) is 15.8. The van der Waals surface area contributed by atoms with Gasteiger partial charge in [0.05, 0.1) is 46.6 Å². The summed E-state index contributed by atoms with van der Waals surface area (Å²) >= 11 is 0. The third-order valence-electron chi connectivity index (χ3n) is 8.20. The number of nitrogens with zero attached hydrogens (tertiary/aromatic N) is 6. The predicted octanol–water partition coefficient (Wildman–Crippen LogP) is 7.12. The number of aliphatic imine (C=N–C) groups is 2. The van der Waals surface area contributed by atoms with Gasteiger partial charge in [-0.05, 0) is 80.9 Å². The minimum absolute atomic E-state index is 0.189. The molecule has 0 aliphatic carbocycles. The summed E-state index contributed by atoms with van der Waals surface area (Å²) in [5, 5.41) is 9.64. The number of esters is 1. The predicted molar refractivity (Wildman–Crippen MR) is 185 cm³/mol. The van der Waals surface area contributed by atoms with Gasteiger partial charge in [0, 0.05) is 12.4 Å². The third-order valence-corrected chi connectivity index (χ3v) is 8.20. The molecule has 1 unspecified atom stereocenters. The van der Waals surface area contributed by atoms with Gasteiger partial charge < -0.3 is 23.7 Å². The number of aromatic nitrogens is 4. The van der Waals surface area contributed by atoms with Crippen LogP contribution in [0.2, 0.25) is 0 Å². The first kappa shape index (κ1) is 30.6. The van der Waals surface area contributed by atoms with Crippen molar-refractivity contribution >= 4 is 29.8 Å². The second kappa shape index (κ2) is 12.1. The van der Waals surface area contributed by atoms with Crippen LogP contribution >= 0.6 is 0 Å². The van der Waals surface area contributed by atoms with Gasteiger partial charge in [-0.1, -0.05) is 42.5 Å². The van der Waals surface area contributed by atoms with E-state index in [9.17, 15) is 4.79 Å². The molecule has 0 radical (unpaired) electrons. The number of ether oxygens (including phenoxy) is 5. The van der Waals surface area contributed by atoms with Crippen LogP contribution in [0, 0.1) is 20.8 Å². The molecule has 12 nitrogen and oxygen atoms in total. The Balaban J connectivity index is 1.42. The summed E-state index contributed by atoms with van der Waals surface area (Å²) in [6, 6.07) is 29.3. The minimum Gasteiger partial charge on any atom is -0.465 e. The molecule has 8 rings (SSSR count). The maximum Gasteiger partial charge on any atom is 0.613 e. The van der Waals surface area contributed by atoms with Gasteiger partial charge in [0.2, 0.25) is 11.8 Å². The van der Waals surface area contributed by atoms with Gasteiger partial charge in [0.25, 0.3) is 0 Å². The fraction of sp³-hybridized carbons (Fsp3) is 0.132. The number of rotatable bonds is 3. The Morgan fingerprint density at radius 2 is 1.14 bits per heavy atom. The van der Waals surface area contributed by atoms with Crippen LogP contribution in [-0.2, 0) is 4.74 Å². The number of para-hydroxylation sites is 2. The molecule has 6 aromatic rings. The summed E-state index contributed by atoms with van der Waals surface area (Å²) in [5.41, 5.74) is 5.78. The average molecular weight is 667 g/mol. The number of carbonyl (C=O) groups is 1. The van der Waals surface area contributed by atoms with E-state index in [2.05, 4.69) is 0 Å². The van der Waals surface area contributed by atoms with Gasteiger partial charge in [-0.3, -0.25) is 9.98 Å². The van der Waals surface area contributed by atoms with Gasteiger partial charge in [-0.2, -0.15) is 19.6 Å². The van der Waals surface area contributed by atoms with E-state index in [0.29, 0.717) is 45.3 Å². The molecule has 4 heterocycles. The normalized spacial score (nSPS) is 15.8. The molecule has 0 N–H and O–H groups in total. The second-order valence-corrected chi connectivity index (χ2v) is 11.7. The topological polar surface area (TPSA) is 124 Å². The van der Waals surface area contributed by atoms with Crippen molar-refractivity contribution in [3.05, 3.63) is 131 Å². The molecule has 2 aliphatic heterocycles. The number of aryl methyl sites for hydroxylation is 3. The lowest BCUT2D eigenvalue weighted by Gasteiger charge is -2.32. The van der Waals surface area contributed by atoms with Crippen molar-refractivity contribution in [1.82, 2.24) is 19.6 Å². The fourth-order valence-corrected chi connectivity index (χ4v) is 5.68. The molecular weight excluding hydrogens is 636 g/mol. The highest BCUT2D eigenvalue weighted by Crippen LogP contribution is 2.42. The number of fused-ring (bicyclic) bond motifs is 4. The molecule has 0 amide bonds. The van der Waals surface area contributed by atoms with Crippen LogP contribution in [-0.4, -0.2) is 51.2 Å². The molecule has 0 fully saturated rings. The van der Waals surface area contributed by atoms with E-state index >= 15 is 0 Å². The monoisotopic (exact) mass is 666 g/mol. The summed E-state index contributed by atoms with van der Waals surface area (Å²) in [6.07, 6.45) is 0.906. The van der Waals surface area contributed by atoms with E-state index in [1.54, 1.807) is 46.1 Å². The fourth-order valence-electron chi connectivity index (χ4n) is 5.68. The third kappa shape index (κ3) is 5.42. The van der Waals surface area contributed by atoms with E-state index < -0.39 is 12.1 Å². The number of hydrogen-bond donors (Lipinski definition) is 0. The highest BCUT2D eigenvalue weighted by atomic mass is 17.0. The molecule has 4 aromatic carbocycles. The van der Waals surface area contributed by atoms with Crippen molar-refractivity contribution in [3.8, 4) is 34.6 Å². The summed E-state index contributed by atoms with van der Waals surface area (Å²) in [4.78, 5) is 22.2. The van der Waals surface area contributed by atoms with Crippen molar-refractivity contribution < 1.29 is 28.5 Å². The number of benzene rings is 4. The van der Waals surface area contributed by atoms with Crippen LogP contribution in [0.1, 0.15) is 38.4 Å². The Kier molecular flexibility index (Phi) is 7.40. The number of hydrogen-bond acceptors (Lipinski definition) is 10. The van der Waals surface area contributed by atoms with E-state index in [0.717, 1.165) is 5.56 Å². The highest BCUT2D eigenvalue weighted by Gasteiger charge is 2.49. The molecule has 2 aromatic heterocycles. The van der Waals surface area contributed by atoms with Crippen LogP contribution in [0.15, 0.2) is 107 Å². The quantitative estimate of drug-likeness (QED) is 0.183. The standard InChI is InChI=1S/C38H30N6O6/c1-23-15-17-33-31(19-23)39-21-29-24(2)41-43(27-11-7-5-8-12-27)35(29)49-38(47-33)48-34-18-16-26(37(45)46-4)20-32(34)40-22-30-25(3)42-44(36(30)50-38)28-13-9-6-10-14-28/h5-22H,1-4H3. The smallest absolute Gasteiger partial charge is 0.465 e. The molecule has 2 aliphatic rings. The Hall–Kier alpha value is -6.69. The largest absolute Gasteiger partial charge is 0.613 e. The second-order valence-electron chi connectivity index (χ2n) is 11.7. The van der Waals surface area contributed by atoms with Gasteiger partial charge in [-0.25, -0.2) is 4.79 Å². The zero-order valence-corrected chi connectivity index (χ0v) is 27.5. The molecular formula is C38H30N6O6. The molecule has 12 heteroatoms. The summed E-state index contributed by atoms with van der Waals surface area (Å²) < 4.78 is 35.5. The van der Waals surface area contributed by atoms with Crippen LogP contribution in [0.25, 0.3) is 11.4 Å². The van der Waals surface area contributed by atoms with Crippen molar-refractivity contribution in [2.24, 2.45) is 9.98 Å². The summed E-state index contributed by atoms with van der Waals surface area (Å²) in [7, 11) is 1.32. The van der Waals surface area contributed by atoms with Crippen molar-refractivity contribution in [1.29, 1.82) is 0 Å². The lowest BCUT2D eigenvalue weighted by atomic mass is 10.2. The molecule has 1 atom stereocenters. The van der Waals surface area contributed by atoms with Crippen LogP contribution in [0.3, 0.4) is 0 Å². The van der Waals surface area contributed by atoms with Crippen molar-refractivity contribution in [2.45, 2.75) is 26.9 Å². The first-order chi connectivity index (χ1) is 24.3. The zero-order valence-electron chi connectivity index (χ0n) is 27.5. The molecule has 0 bridgehead atoms. The first-order valence-corrected chi connectivity index (χ1v) is 15.8. The Morgan fingerprint density at radius 1 is 0.640 bits per heavy atom. The van der Waals surface area contributed by atoms with Gasteiger partial charge in [-0.15, -0.1) is 0 Å². The average Bonchev–Trinajstić information content (AvgIpc) is 3.64. The Morgan fingerprint density at radius 3 is 1.66 bits per heavy atom. The SMILES string of the molecule is COC(=O)c1ccc2c(c1)N=Cc1c(C)nn(-c3ccccc3)c1OC1(Oc3ccc(C)cc3N=Cc3c(C)nn(-c4ccccc4)c3O1)O2. The van der Waals surface area contributed by atoms with Crippen molar-refractivity contribution in [3.63, 3.8) is 0 Å². The molecule has 248 valence electrons. The lowest BCUT2D eigenvalue weighted by Crippen LogP contribution is -2.54. The maximum atomic E-state index is 12.6. The van der Waals surface area contributed by atoms with Gasteiger partial charge in [0.15, 0.2) is 11.5 Å². The van der Waals surface area contributed by atoms with Gasteiger partial charge in [0.1, 0.15) is 11.4 Å². The molecule has 0 saturated heterocycles. The molecule has 0 saturated carbocycles. The number of methoxy groups -OCH3 is 1. The van der Waals surface area contributed by atoms with Crippen LogP contribution in [0.5, 0.6) is 23.3 Å². The van der Waals surface area contributed by atoms with Gasteiger partial charge >= 0.3 is 12.1 Å². The maximum absolute atomic E-state index is 12.6. The Labute approximate surface area is 286 Å². The molecule has 50 heavy (non-hydrogen) atoms. The summed E-state index contributed by atoms with van der Waals surface area (Å²) in [5.74, 6) is 0.417. The molecule has 1 spiro atoms. The highest BCUT2D eigenvalue weighted by molar-refractivity contribution is 5.92. The van der Waals surface area contributed by atoms with Crippen molar-refractivity contribution in [2.75, 3.05) is 7.11 Å². The minimum atomic E-state index is -2.39. The van der Waals surface area contributed by atoms with E-state index in [-0.39, 0.29) is 28.8 Å². The van der Waals surface area contributed by atoms with E-state index in [1.807, 2.05) is 93.6 Å².